The highest BCUT2D eigenvalue weighted by Gasteiger charge is 2.31. The maximum Gasteiger partial charge on any atom is 0.304 e. The Morgan fingerprint density at radius 3 is 2.94 bits per heavy atom. The summed E-state index contributed by atoms with van der Waals surface area (Å²) in [7, 11) is 1.64. The average molecular weight is 238 g/mol. The molecule has 0 spiro atoms. The average Bonchev–Trinajstić information content (AvgIpc) is 2.54. The summed E-state index contributed by atoms with van der Waals surface area (Å²) >= 11 is 1.73. The van der Waals surface area contributed by atoms with Crippen molar-refractivity contribution in [2.24, 2.45) is 0 Å². The predicted octanol–water partition coefficient (Wildman–Crippen LogP) is 2.75. The number of rotatable bonds is 3. The molecule has 1 aromatic carbocycles. The van der Waals surface area contributed by atoms with Gasteiger partial charge in [-0.25, -0.2) is 0 Å². The van der Waals surface area contributed by atoms with Crippen LogP contribution in [0, 0.1) is 0 Å². The van der Waals surface area contributed by atoms with Gasteiger partial charge in [0, 0.05) is 16.1 Å². The lowest BCUT2D eigenvalue weighted by Gasteiger charge is -2.12. The highest BCUT2D eigenvalue weighted by molar-refractivity contribution is 8.00. The molecule has 0 saturated carbocycles. The molecule has 0 bridgehead atoms. The maximum absolute atomic E-state index is 10.8. The van der Waals surface area contributed by atoms with Gasteiger partial charge in [-0.2, -0.15) is 0 Å². The monoisotopic (exact) mass is 238 g/mol. The Kier molecular flexibility index (Phi) is 3.10. The molecule has 4 heteroatoms. The zero-order valence-electron chi connectivity index (χ0n) is 9.27. The number of thioether (sulfide) groups is 1. The normalized spacial score (nSPS) is 22.9. The zero-order valence-corrected chi connectivity index (χ0v) is 10.1. The number of fused-ring (bicyclic) bond motifs is 1. The van der Waals surface area contributed by atoms with E-state index in [0.29, 0.717) is 5.25 Å². The third kappa shape index (κ3) is 2.02. The molecule has 16 heavy (non-hydrogen) atoms. The number of carboxylic acids is 1. The smallest absolute Gasteiger partial charge is 0.304 e. The van der Waals surface area contributed by atoms with Crippen molar-refractivity contribution in [3.8, 4) is 5.75 Å². The Hall–Kier alpha value is -1.16. The summed E-state index contributed by atoms with van der Waals surface area (Å²) < 4.78 is 5.16. The number of aliphatic carboxylic acids is 1. The van der Waals surface area contributed by atoms with E-state index in [1.165, 1.54) is 0 Å². The SMILES string of the molecule is COc1ccc2c(c1)SC(C)C2CC(=O)O. The molecule has 2 rings (SSSR count). The van der Waals surface area contributed by atoms with Gasteiger partial charge in [-0.05, 0) is 17.7 Å². The van der Waals surface area contributed by atoms with Gasteiger partial charge < -0.3 is 9.84 Å². The van der Waals surface area contributed by atoms with Crippen LogP contribution in [0.25, 0.3) is 0 Å². The molecule has 0 saturated heterocycles. The topological polar surface area (TPSA) is 46.5 Å². The minimum absolute atomic E-state index is 0.114. The highest BCUT2D eigenvalue weighted by Crippen LogP contribution is 2.47. The Labute approximate surface area is 98.8 Å². The molecule has 2 unspecified atom stereocenters. The molecular formula is C12H14O3S. The minimum atomic E-state index is -0.735. The van der Waals surface area contributed by atoms with Crippen LogP contribution in [0.15, 0.2) is 23.1 Å². The molecule has 0 aliphatic carbocycles. The molecule has 86 valence electrons. The second-order valence-electron chi connectivity index (χ2n) is 3.93. The molecule has 1 N–H and O–H groups in total. The molecule has 0 fully saturated rings. The second kappa shape index (κ2) is 4.37. The minimum Gasteiger partial charge on any atom is -0.497 e. The summed E-state index contributed by atoms with van der Waals surface area (Å²) in [4.78, 5) is 12.0. The summed E-state index contributed by atoms with van der Waals surface area (Å²) in [5.74, 6) is 0.207. The molecule has 0 aromatic heterocycles. The lowest BCUT2D eigenvalue weighted by Crippen LogP contribution is -2.11. The van der Waals surface area contributed by atoms with E-state index >= 15 is 0 Å². The van der Waals surface area contributed by atoms with E-state index < -0.39 is 5.97 Å². The van der Waals surface area contributed by atoms with Crippen LogP contribution in [0.4, 0.5) is 0 Å². The van der Waals surface area contributed by atoms with Crippen molar-refractivity contribution >= 4 is 17.7 Å². The van der Waals surface area contributed by atoms with Gasteiger partial charge in [0.25, 0.3) is 0 Å². The maximum atomic E-state index is 10.8. The van der Waals surface area contributed by atoms with E-state index in [1.54, 1.807) is 18.9 Å². The number of benzene rings is 1. The van der Waals surface area contributed by atoms with Crippen LogP contribution in [-0.2, 0) is 4.79 Å². The first-order chi connectivity index (χ1) is 7.61. The van der Waals surface area contributed by atoms with Crippen LogP contribution in [0.1, 0.15) is 24.8 Å². The lowest BCUT2D eigenvalue weighted by molar-refractivity contribution is -0.137. The number of carbonyl (C=O) groups is 1. The highest BCUT2D eigenvalue weighted by atomic mass is 32.2. The third-order valence-electron chi connectivity index (χ3n) is 2.89. The molecule has 1 aromatic rings. The van der Waals surface area contributed by atoms with Gasteiger partial charge in [-0.1, -0.05) is 13.0 Å². The van der Waals surface area contributed by atoms with Gasteiger partial charge in [0.1, 0.15) is 5.75 Å². The van der Waals surface area contributed by atoms with E-state index in [-0.39, 0.29) is 12.3 Å². The van der Waals surface area contributed by atoms with Crippen molar-refractivity contribution in [1.29, 1.82) is 0 Å². The van der Waals surface area contributed by atoms with Crippen molar-refractivity contribution in [3.63, 3.8) is 0 Å². The zero-order chi connectivity index (χ0) is 11.7. The molecule has 0 radical (unpaired) electrons. The van der Waals surface area contributed by atoms with Crippen LogP contribution in [0.5, 0.6) is 5.75 Å². The van der Waals surface area contributed by atoms with Gasteiger partial charge in [0.2, 0.25) is 0 Å². The fourth-order valence-electron chi connectivity index (χ4n) is 2.05. The van der Waals surface area contributed by atoms with E-state index in [9.17, 15) is 4.79 Å². The molecule has 1 aliphatic heterocycles. The number of hydrogen-bond donors (Lipinski definition) is 1. The first kappa shape index (κ1) is 11.3. The summed E-state index contributed by atoms with van der Waals surface area (Å²) in [5, 5.41) is 9.20. The van der Waals surface area contributed by atoms with Gasteiger partial charge in [0.05, 0.1) is 13.5 Å². The number of ether oxygens (including phenoxy) is 1. The first-order valence-electron chi connectivity index (χ1n) is 5.18. The fourth-order valence-corrected chi connectivity index (χ4v) is 3.40. The Balaban J connectivity index is 2.31. The number of carboxylic acid groups (broad SMARTS) is 1. The Morgan fingerprint density at radius 2 is 2.31 bits per heavy atom. The summed E-state index contributed by atoms with van der Waals surface area (Å²) in [5.41, 5.74) is 1.14. The fraction of sp³-hybridized carbons (Fsp3) is 0.417. The van der Waals surface area contributed by atoms with Crippen molar-refractivity contribution in [2.75, 3.05) is 7.11 Å². The largest absolute Gasteiger partial charge is 0.497 e. The molecule has 1 aliphatic rings. The number of methoxy groups -OCH3 is 1. The Morgan fingerprint density at radius 1 is 1.56 bits per heavy atom. The Bertz CT molecular complexity index is 417. The van der Waals surface area contributed by atoms with Crippen molar-refractivity contribution in [3.05, 3.63) is 23.8 Å². The van der Waals surface area contributed by atoms with Gasteiger partial charge in [-0.3, -0.25) is 4.79 Å². The summed E-state index contributed by atoms with van der Waals surface area (Å²) in [6, 6.07) is 5.86. The summed E-state index contributed by atoms with van der Waals surface area (Å²) in [6.45, 7) is 2.07. The third-order valence-corrected chi connectivity index (χ3v) is 4.20. The van der Waals surface area contributed by atoms with Gasteiger partial charge in [-0.15, -0.1) is 11.8 Å². The van der Waals surface area contributed by atoms with Crippen LogP contribution in [-0.4, -0.2) is 23.4 Å². The van der Waals surface area contributed by atoms with E-state index in [1.807, 2.05) is 18.2 Å². The summed E-state index contributed by atoms with van der Waals surface area (Å²) in [6.07, 6.45) is 0.202. The predicted molar refractivity (Wildman–Crippen MR) is 63.3 cm³/mol. The molecule has 1 heterocycles. The molecular weight excluding hydrogens is 224 g/mol. The van der Waals surface area contributed by atoms with Crippen LogP contribution in [0.2, 0.25) is 0 Å². The standard InChI is InChI=1S/C12H14O3S/c1-7-10(6-12(13)14)9-4-3-8(15-2)5-11(9)16-7/h3-5,7,10H,6H2,1-2H3,(H,13,14). The van der Waals surface area contributed by atoms with E-state index in [4.69, 9.17) is 9.84 Å². The first-order valence-corrected chi connectivity index (χ1v) is 6.06. The second-order valence-corrected chi connectivity index (χ2v) is 5.35. The quantitative estimate of drug-likeness (QED) is 0.879. The van der Waals surface area contributed by atoms with Crippen LogP contribution >= 0.6 is 11.8 Å². The van der Waals surface area contributed by atoms with Crippen molar-refractivity contribution in [2.45, 2.75) is 29.4 Å². The lowest BCUT2D eigenvalue weighted by atomic mass is 9.93. The molecule has 0 amide bonds. The van der Waals surface area contributed by atoms with Crippen LogP contribution < -0.4 is 4.74 Å². The number of hydrogen-bond acceptors (Lipinski definition) is 3. The van der Waals surface area contributed by atoms with Crippen molar-refractivity contribution in [1.82, 2.24) is 0 Å². The molecule has 2 atom stereocenters. The van der Waals surface area contributed by atoms with Gasteiger partial charge >= 0.3 is 5.97 Å². The van der Waals surface area contributed by atoms with E-state index in [2.05, 4.69) is 6.92 Å². The van der Waals surface area contributed by atoms with E-state index in [0.717, 1.165) is 16.2 Å². The van der Waals surface area contributed by atoms with Gasteiger partial charge in [0.15, 0.2) is 0 Å². The molecule has 3 nitrogen and oxygen atoms in total. The van der Waals surface area contributed by atoms with Crippen molar-refractivity contribution < 1.29 is 14.6 Å². The van der Waals surface area contributed by atoms with Crippen LogP contribution in [0.3, 0.4) is 0 Å².